The van der Waals surface area contributed by atoms with E-state index in [0.29, 0.717) is 18.2 Å². The van der Waals surface area contributed by atoms with Crippen LogP contribution in [-0.2, 0) is 18.1 Å². The second kappa shape index (κ2) is 6.24. The van der Waals surface area contributed by atoms with E-state index < -0.39 is 0 Å². The molecule has 96 valence electrons. The van der Waals surface area contributed by atoms with E-state index in [2.05, 4.69) is 25.9 Å². The molecule has 7 heteroatoms. The highest BCUT2D eigenvalue weighted by atomic mass is 79.9. The van der Waals surface area contributed by atoms with Crippen LogP contribution in [-0.4, -0.2) is 21.8 Å². The maximum absolute atomic E-state index is 9.04. The standard InChI is InChI=1S/C11H12BrN3O2S/c1-17-7-15-5-9(12)18-11(15)14-10-4-2-3-8(6-16)13-10/h2-5,16H,6-7H2,1H3/b14-11-. The fourth-order valence-corrected chi connectivity index (χ4v) is 2.78. The first-order valence-electron chi connectivity index (χ1n) is 5.19. The largest absolute Gasteiger partial charge is 0.390 e. The number of nitrogens with zero attached hydrogens (tertiary/aromatic N) is 3. The molecule has 0 fully saturated rings. The van der Waals surface area contributed by atoms with Crippen molar-refractivity contribution in [3.05, 3.63) is 38.7 Å². The molecule has 5 nitrogen and oxygen atoms in total. The molecule has 0 saturated heterocycles. The van der Waals surface area contributed by atoms with Gasteiger partial charge in [-0.1, -0.05) is 17.4 Å². The van der Waals surface area contributed by atoms with E-state index in [1.54, 1.807) is 19.2 Å². The van der Waals surface area contributed by atoms with E-state index in [1.165, 1.54) is 11.3 Å². The molecule has 2 aromatic heterocycles. The molecular formula is C11H12BrN3O2S. The van der Waals surface area contributed by atoms with Gasteiger partial charge in [0.05, 0.1) is 16.1 Å². The zero-order valence-corrected chi connectivity index (χ0v) is 12.1. The van der Waals surface area contributed by atoms with Crippen LogP contribution in [0.15, 0.2) is 33.2 Å². The molecule has 0 radical (unpaired) electrons. The van der Waals surface area contributed by atoms with Crippen LogP contribution in [0.5, 0.6) is 0 Å². The zero-order chi connectivity index (χ0) is 13.0. The molecular weight excluding hydrogens is 318 g/mol. The Hall–Kier alpha value is -1.02. The fourth-order valence-electron chi connectivity index (χ4n) is 1.38. The maximum atomic E-state index is 9.04. The van der Waals surface area contributed by atoms with E-state index in [4.69, 9.17) is 9.84 Å². The number of aliphatic hydroxyl groups excluding tert-OH is 1. The Kier molecular flexibility index (Phi) is 4.65. The van der Waals surface area contributed by atoms with E-state index in [-0.39, 0.29) is 6.61 Å². The van der Waals surface area contributed by atoms with Crippen molar-refractivity contribution >= 4 is 33.1 Å². The Balaban J connectivity index is 2.42. The molecule has 0 spiro atoms. The van der Waals surface area contributed by atoms with Gasteiger partial charge in [0.25, 0.3) is 0 Å². The average molecular weight is 330 g/mol. The van der Waals surface area contributed by atoms with Gasteiger partial charge < -0.3 is 9.84 Å². The summed E-state index contributed by atoms with van der Waals surface area (Å²) >= 11 is 4.91. The number of ether oxygens (including phenoxy) is 1. The number of hydrogen-bond acceptors (Lipinski definition) is 5. The van der Waals surface area contributed by atoms with Gasteiger partial charge in [-0.05, 0) is 28.1 Å². The summed E-state index contributed by atoms with van der Waals surface area (Å²) < 4.78 is 7.94. The summed E-state index contributed by atoms with van der Waals surface area (Å²) in [6.45, 7) is 0.343. The number of hydrogen-bond donors (Lipinski definition) is 1. The van der Waals surface area contributed by atoms with Crippen molar-refractivity contribution < 1.29 is 9.84 Å². The Morgan fingerprint density at radius 2 is 2.39 bits per heavy atom. The van der Waals surface area contributed by atoms with E-state index >= 15 is 0 Å². The number of methoxy groups -OCH3 is 1. The Bertz CT molecular complexity index is 594. The number of aliphatic hydroxyl groups is 1. The Labute approximate surface area is 117 Å². The molecule has 0 unspecified atom stereocenters. The molecule has 2 heterocycles. The summed E-state index contributed by atoms with van der Waals surface area (Å²) in [5.74, 6) is 0.570. The molecule has 0 saturated carbocycles. The average Bonchev–Trinajstić information content (AvgIpc) is 2.70. The lowest BCUT2D eigenvalue weighted by Gasteiger charge is -2.00. The molecule has 2 rings (SSSR count). The van der Waals surface area contributed by atoms with Crippen molar-refractivity contribution in [2.75, 3.05) is 7.11 Å². The monoisotopic (exact) mass is 329 g/mol. The first-order valence-corrected chi connectivity index (χ1v) is 6.80. The van der Waals surface area contributed by atoms with Crippen molar-refractivity contribution in [1.29, 1.82) is 0 Å². The normalized spacial score (nSPS) is 12.1. The first kappa shape index (κ1) is 13.4. The predicted octanol–water partition coefficient (Wildman–Crippen LogP) is 2.04. The number of rotatable bonds is 4. The summed E-state index contributed by atoms with van der Waals surface area (Å²) in [6.07, 6.45) is 1.91. The van der Waals surface area contributed by atoms with Crippen molar-refractivity contribution in [2.24, 2.45) is 4.99 Å². The van der Waals surface area contributed by atoms with Crippen LogP contribution in [0.4, 0.5) is 5.82 Å². The lowest BCUT2D eigenvalue weighted by Crippen LogP contribution is -2.14. The van der Waals surface area contributed by atoms with Crippen molar-refractivity contribution in [3.8, 4) is 0 Å². The van der Waals surface area contributed by atoms with Gasteiger partial charge in [0.2, 0.25) is 0 Å². The third-order valence-electron chi connectivity index (χ3n) is 2.12. The molecule has 1 N–H and O–H groups in total. The van der Waals surface area contributed by atoms with Crippen LogP contribution in [0.2, 0.25) is 0 Å². The van der Waals surface area contributed by atoms with Gasteiger partial charge in [-0.25, -0.2) is 9.98 Å². The molecule has 2 aromatic rings. The van der Waals surface area contributed by atoms with Crippen LogP contribution in [0, 0.1) is 0 Å². The van der Waals surface area contributed by atoms with Crippen molar-refractivity contribution in [3.63, 3.8) is 0 Å². The van der Waals surface area contributed by atoms with E-state index in [9.17, 15) is 0 Å². The third-order valence-corrected chi connectivity index (χ3v) is 3.62. The van der Waals surface area contributed by atoms with Crippen LogP contribution >= 0.6 is 27.3 Å². The number of halogens is 1. The fraction of sp³-hybridized carbons (Fsp3) is 0.273. The first-order chi connectivity index (χ1) is 8.72. The SMILES string of the molecule is COCn1cc(Br)s/c1=N\c1cccc(CO)n1. The number of aromatic nitrogens is 2. The minimum absolute atomic E-state index is 0.0877. The van der Waals surface area contributed by atoms with Crippen LogP contribution in [0.25, 0.3) is 0 Å². The Morgan fingerprint density at radius 1 is 1.56 bits per heavy atom. The van der Waals surface area contributed by atoms with Gasteiger partial charge in [0, 0.05) is 13.3 Å². The zero-order valence-electron chi connectivity index (χ0n) is 9.71. The minimum Gasteiger partial charge on any atom is -0.390 e. The van der Waals surface area contributed by atoms with Crippen LogP contribution in [0.3, 0.4) is 0 Å². The quantitative estimate of drug-likeness (QED) is 0.933. The van der Waals surface area contributed by atoms with Gasteiger partial charge in [0.15, 0.2) is 10.6 Å². The van der Waals surface area contributed by atoms with Gasteiger partial charge >= 0.3 is 0 Å². The second-order valence-electron chi connectivity index (χ2n) is 3.46. The molecule has 0 bridgehead atoms. The van der Waals surface area contributed by atoms with Crippen LogP contribution in [0.1, 0.15) is 5.69 Å². The predicted molar refractivity (Wildman–Crippen MR) is 72.4 cm³/mol. The lowest BCUT2D eigenvalue weighted by molar-refractivity contribution is 0.129. The molecule has 0 aliphatic rings. The van der Waals surface area contributed by atoms with Crippen molar-refractivity contribution in [1.82, 2.24) is 9.55 Å². The summed E-state index contributed by atoms with van der Waals surface area (Å²) in [5, 5.41) is 9.04. The molecule has 0 amide bonds. The van der Waals surface area contributed by atoms with E-state index in [1.807, 2.05) is 16.8 Å². The number of pyridine rings is 1. The summed E-state index contributed by atoms with van der Waals surface area (Å²) in [6, 6.07) is 5.37. The van der Waals surface area contributed by atoms with Gasteiger partial charge in [-0.3, -0.25) is 4.57 Å². The smallest absolute Gasteiger partial charge is 0.194 e. The second-order valence-corrected chi connectivity index (χ2v) is 5.85. The van der Waals surface area contributed by atoms with Gasteiger partial charge in [-0.2, -0.15) is 0 Å². The Morgan fingerprint density at radius 3 is 3.11 bits per heavy atom. The summed E-state index contributed by atoms with van der Waals surface area (Å²) in [4.78, 5) is 9.44. The van der Waals surface area contributed by atoms with Crippen molar-refractivity contribution in [2.45, 2.75) is 13.3 Å². The molecule has 18 heavy (non-hydrogen) atoms. The van der Waals surface area contributed by atoms with Gasteiger partial charge in [-0.15, -0.1) is 0 Å². The van der Waals surface area contributed by atoms with Gasteiger partial charge in [0.1, 0.15) is 6.73 Å². The molecule has 0 aliphatic carbocycles. The highest BCUT2D eigenvalue weighted by Gasteiger charge is 2.01. The van der Waals surface area contributed by atoms with Crippen LogP contribution < -0.4 is 4.80 Å². The minimum atomic E-state index is -0.0877. The summed E-state index contributed by atoms with van der Waals surface area (Å²) in [7, 11) is 1.63. The highest BCUT2D eigenvalue weighted by Crippen LogP contribution is 2.14. The topological polar surface area (TPSA) is 59.6 Å². The molecule has 0 aromatic carbocycles. The third kappa shape index (κ3) is 3.26. The summed E-state index contributed by atoms with van der Waals surface area (Å²) in [5.41, 5.74) is 0.602. The highest BCUT2D eigenvalue weighted by molar-refractivity contribution is 9.11. The molecule has 0 atom stereocenters. The molecule has 0 aliphatic heterocycles. The van der Waals surface area contributed by atoms with E-state index in [0.717, 1.165) is 8.59 Å². The lowest BCUT2D eigenvalue weighted by atomic mass is 10.3. The number of thiazole rings is 1. The maximum Gasteiger partial charge on any atom is 0.194 e.